The highest BCUT2D eigenvalue weighted by molar-refractivity contribution is 5.66. The first kappa shape index (κ1) is 27.7. The minimum absolute atomic E-state index is 0.353. The van der Waals surface area contributed by atoms with E-state index in [-0.39, 0.29) is 5.92 Å². The third kappa shape index (κ3) is 12.3. The Labute approximate surface area is 191 Å². The molecule has 0 aromatic rings. The van der Waals surface area contributed by atoms with Gasteiger partial charge in [-0.25, -0.2) is 0 Å². The third-order valence-electron chi connectivity index (χ3n) is 7.09. The Bertz CT molecular complexity index is 639. The number of rotatable bonds is 15. The lowest BCUT2D eigenvalue weighted by molar-refractivity contribution is -0.311. The van der Waals surface area contributed by atoms with E-state index in [1.807, 2.05) is 6.92 Å². The first-order valence-electron chi connectivity index (χ1n) is 12.4. The minimum atomic E-state index is -0.942. The van der Waals surface area contributed by atoms with E-state index >= 15 is 0 Å². The van der Waals surface area contributed by atoms with Crippen molar-refractivity contribution in [2.45, 2.75) is 118 Å². The molecule has 1 aliphatic carbocycles. The Balaban J connectivity index is 2.19. The molecule has 3 nitrogen and oxygen atoms in total. The van der Waals surface area contributed by atoms with Crippen molar-refractivity contribution in [3.63, 3.8) is 0 Å². The number of hydrogen-bond donors (Lipinski definition) is 1. The van der Waals surface area contributed by atoms with E-state index in [9.17, 15) is 15.0 Å². The van der Waals surface area contributed by atoms with Crippen LogP contribution in [0.25, 0.3) is 0 Å². The maximum absolute atomic E-state index is 10.8. The summed E-state index contributed by atoms with van der Waals surface area (Å²) in [4.78, 5) is 10.8. The molecule has 0 spiro atoms. The number of carbonyl (C=O) groups excluding carboxylic acids is 1. The molecule has 0 radical (unpaired) electrons. The second-order valence-electron chi connectivity index (χ2n) is 10.6. The summed E-state index contributed by atoms with van der Waals surface area (Å²) in [5, 5.41) is 21.5. The summed E-state index contributed by atoms with van der Waals surface area (Å²) in [6, 6.07) is 0. The van der Waals surface area contributed by atoms with Crippen LogP contribution in [0.1, 0.15) is 112 Å². The Morgan fingerprint density at radius 3 is 2.58 bits per heavy atom. The highest BCUT2D eigenvalue weighted by Crippen LogP contribution is 2.30. The number of allylic oxidation sites excluding steroid dienone is 6. The Hall–Kier alpha value is -1.35. The summed E-state index contributed by atoms with van der Waals surface area (Å²) in [5.41, 5.74) is 3.72. The fourth-order valence-corrected chi connectivity index (χ4v) is 4.27. The Morgan fingerprint density at radius 1 is 1.23 bits per heavy atom. The summed E-state index contributed by atoms with van der Waals surface area (Å²) in [6.07, 6.45) is 17.7. The molecule has 0 amide bonds. The highest BCUT2D eigenvalue weighted by atomic mass is 16.4. The van der Waals surface area contributed by atoms with E-state index in [1.165, 1.54) is 23.1 Å². The topological polar surface area (TPSA) is 60.4 Å². The van der Waals surface area contributed by atoms with Crippen LogP contribution in [0.15, 0.2) is 34.9 Å². The molecule has 1 N–H and O–H groups in total. The molecule has 0 aromatic heterocycles. The van der Waals surface area contributed by atoms with Gasteiger partial charge in [-0.05, 0) is 96.3 Å². The number of aliphatic hydroxyl groups is 1. The van der Waals surface area contributed by atoms with E-state index in [2.05, 4.69) is 45.9 Å². The smallest absolute Gasteiger partial charge is 0.0622 e. The molecular weight excluding hydrogens is 384 g/mol. The van der Waals surface area contributed by atoms with Gasteiger partial charge in [-0.2, -0.15) is 0 Å². The van der Waals surface area contributed by atoms with Gasteiger partial charge in [-0.3, -0.25) is 0 Å². The maximum Gasteiger partial charge on any atom is 0.0622 e. The molecule has 31 heavy (non-hydrogen) atoms. The number of carbonyl (C=O) groups is 1. The predicted molar refractivity (Wildman–Crippen MR) is 130 cm³/mol. The van der Waals surface area contributed by atoms with Crippen LogP contribution < -0.4 is 5.11 Å². The average molecular weight is 432 g/mol. The van der Waals surface area contributed by atoms with Crippen LogP contribution in [0.2, 0.25) is 0 Å². The van der Waals surface area contributed by atoms with Gasteiger partial charge in [0, 0.05) is 5.97 Å². The quantitative estimate of drug-likeness (QED) is 0.300. The Kier molecular flexibility index (Phi) is 12.4. The first-order chi connectivity index (χ1) is 14.5. The predicted octanol–water partition coefficient (Wildman–Crippen LogP) is 6.52. The molecule has 4 atom stereocenters. The van der Waals surface area contributed by atoms with Gasteiger partial charge in [-0.15, -0.1) is 0 Å². The highest BCUT2D eigenvalue weighted by Gasteiger charge is 2.21. The molecule has 1 aliphatic rings. The zero-order valence-electron chi connectivity index (χ0n) is 21.0. The average Bonchev–Trinajstić information content (AvgIpc) is 2.68. The standard InChI is InChI=1S/C28H48O3/c1-21(12-8-14-24(4)27(29)30)10-7-11-22(2)13-9-18-28(6,31)19-17-26-16-15-23(3)25(5)20-26/h10,15-16,22,24-25,31H,7-9,11-14,17-20H2,1-6H3,(H,29,30)/p-1/b21-10+. The van der Waals surface area contributed by atoms with Crippen LogP contribution in [0.5, 0.6) is 0 Å². The van der Waals surface area contributed by atoms with Gasteiger partial charge in [0.05, 0.1) is 5.60 Å². The molecule has 0 saturated carbocycles. The fraction of sp³-hybridized carbons (Fsp3) is 0.750. The van der Waals surface area contributed by atoms with Crippen LogP contribution in [0.3, 0.4) is 0 Å². The van der Waals surface area contributed by atoms with Gasteiger partial charge in [0.1, 0.15) is 0 Å². The second-order valence-corrected chi connectivity index (χ2v) is 10.6. The lowest BCUT2D eigenvalue weighted by Crippen LogP contribution is -2.29. The SMILES string of the molecule is CC1=CC=C(CCC(C)(O)CCCC(C)CC/C=C(\C)CCCC(C)C(=O)[O-])CC1C. The van der Waals surface area contributed by atoms with Gasteiger partial charge < -0.3 is 15.0 Å². The number of aliphatic carboxylic acids is 1. The van der Waals surface area contributed by atoms with Gasteiger partial charge >= 0.3 is 0 Å². The molecule has 0 fully saturated rings. The molecule has 0 aromatic carbocycles. The zero-order valence-corrected chi connectivity index (χ0v) is 21.0. The summed E-state index contributed by atoms with van der Waals surface area (Å²) in [5.74, 6) is -0.00146. The molecule has 1 rings (SSSR count). The van der Waals surface area contributed by atoms with Crippen molar-refractivity contribution in [1.82, 2.24) is 0 Å². The van der Waals surface area contributed by atoms with Crippen molar-refractivity contribution in [3.8, 4) is 0 Å². The van der Waals surface area contributed by atoms with Crippen molar-refractivity contribution in [2.75, 3.05) is 0 Å². The second kappa shape index (κ2) is 13.9. The molecule has 3 heteroatoms. The summed E-state index contributed by atoms with van der Waals surface area (Å²) in [6.45, 7) is 12.7. The maximum atomic E-state index is 10.8. The summed E-state index contributed by atoms with van der Waals surface area (Å²) in [7, 11) is 0. The minimum Gasteiger partial charge on any atom is -0.550 e. The zero-order chi connectivity index (χ0) is 23.4. The van der Waals surface area contributed by atoms with E-state index in [0.717, 1.165) is 57.8 Å². The van der Waals surface area contributed by atoms with Gasteiger partial charge in [-0.1, -0.05) is 68.6 Å². The summed E-state index contributed by atoms with van der Waals surface area (Å²) < 4.78 is 0. The Morgan fingerprint density at radius 2 is 1.94 bits per heavy atom. The van der Waals surface area contributed by atoms with Gasteiger partial charge in [0.15, 0.2) is 0 Å². The van der Waals surface area contributed by atoms with Crippen LogP contribution in [0, 0.1) is 17.8 Å². The molecular formula is C28H47O3-. The van der Waals surface area contributed by atoms with Crippen LogP contribution >= 0.6 is 0 Å². The molecule has 4 unspecified atom stereocenters. The van der Waals surface area contributed by atoms with Crippen molar-refractivity contribution in [1.29, 1.82) is 0 Å². The number of carboxylic acid groups (broad SMARTS) is 1. The molecule has 0 bridgehead atoms. The van der Waals surface area contributed by atoms with Crippen LogP contribution in [0.4, 0.5) is 0 Å². The molecule has 0 heterocycles. The number of carboxylic acids is 1. The fourth-order valence-electron chi connectivity index (χ4n) is 4.27. The molecule has 178 valence electrons. The van der Waals surface area contributed by atoms with Crippen LogP contribution in [-0.4, -0.2) is 16.7 Å². The van der Waals surface area contributed by atoms with Crippen molar-refractivity contribution >= 4 is 5.97 Å². The van der Waals surface area contributed by atoms with E-state index in [1.54, 1.807) is 6.92 Å². The van der Waals surface area contributed by atoms with E-state index in [0.29, 0.717) is 18.3 Å². The van der Waals surface area contributed by atoms with Crippen molar-refractivity contribution in [3.05, 3.63) is 34.9 Å². The molecule has 0 aliphatic heterocycles. The monoisotopic (exact) mass is 431 g/mol. The lowest BCUT2D eigenvalue weighted by atomic mass is 9.84. The largest absolute Gasteiger partial charge is 0.550 e. The summed E-state index contributed by atoms with van der Waals surface area (Å²) >= 11 is 0. The van der Waals surface area contributed by atoms with E-state index in [4.69, 9.17) is 0 Å². The van der Waals surface area contributed by atoms with Crippen molar-refractivity contribution in [2.24, 2.45) is 17.8 Å². The lowest BCUT2D eigenvalue weighted by Gasteiger charge is -2.26. The molecule has 0 saturated heterocycles. The van der Waals surface area contributed by atoms with Gasteiger partial charge in [0.25, 0.3) is 0 Å². The van der Waals surface area contributed by atoms with Crippen LogP contribution in [-0.2, 0) is 4.79 Å². The van der Waals surface area contributed by atoms with Crippen molar-refractivity contribution < 1.29 is 15.0 Å². The third-order valence-corrected chi connectivity index (χ3v) is 7.09. The van der Waals surface area contributed by atoms with E-state index < -0.39 is 11.6 Å². The first-order valence-corrected chi connectivity index (χ1v) is 12.4. The van der Waals surface area contributed by atoms with Gasteiger partial charge in [0.2, 0.25) is 0 Å². The number of hydrogen-bond acceptors (Lipinski definition) is 3. The normalized spacial score (nSPS) is 21.1.